The molecule has 2 saturated heterocycles. The lowest BCUT2D eigenvalue weighted by Gasteiger charge is -2.43. The number of rotatable bonds is 3. The van der Waals surface area contributed by atoms with E-state index in [4.69, 9.17) is 5.73 Å². The average molecular weight is 295 g/mol. The van der Waals surface area contributed by atoms with E-state index in [2.05, 4.69) is 16.7 Å². The fourth-order valence-corrected chi connectivity index (χ4v) is 3.65. The van der Waals surface area contributed by atoms with Crippen LogP contribution in [-0.2, 0) is 0 Å². The number of hydrogen-bond donors (Lipinski definition) is 1. The van der Waals surface area contributed by atoms with Gasteiger partial charge in [0.15, 0.2) is 0 Å². The molecular weight excluding hydrogens is 272 g/mol. The van der Waals surface area contributed by atoms with Gasteiger partial charge in [0.25, 0.3) is 0 Å². The highest BCUT2D eigenvalue weighted by Gasteiger charge is 2.35. The molecule has 5 heteroatoms. The van der Waals surface area contributed by atoms with E-state index in [9.17, 15) is 8.78 Å². The van der Waals surface area contributed by atoms with Crippen molar-refractivity contribution >= 4 is 0 Å². The lowest BCUT2D eigenvalue weighted by molar-refractivity contribution is 0.0551. The molecule has 0 amide bonds. The molecule has 116 valence electrons. The SMILES string of the molecule is CC1CN2CCCC2CN1CC(N)c1cc(F)ccc1F. The van der Waals surface area contributed by atoms with Crippen LogP contribution < -0.4 is 5.73 Å². The second-order valence-corrected chi connectivity index (χ2v) is 6.37. The van der Waals surface area contributed by atoms with Crippen LogP contribution >= 0.6 is 0 Å². The van der Waals surface area contributed by atoms with Gasteiger partial charge in [0.1, 0.15) is 11.6 Å². The Morgan fingerprint density at radius 2 is 2.14 bits per heavy atom. The lowest BCUT2D eigenvalue weighted by Crippen LogP contribution is -2.56. The van der Waals surface area contributed by atoms with Crippen LogP contribution in [0.5, 0.6) is 0 Å². The maximum Gasteiger partial charge on any atom is 0.128 e. The summed E-state index contributed by atoms with van der Waals surface area (Å²) in [6, 6.07) is 4.02. The number of benzene rings is 1. The molecule has 0 radical (unpaired) electrons. The van der Waals surface area contributed by atoms with E-state index in [0.29, 0.717) is 18.6 Å². The van der Waals surface area contributed by atoms with Crippen LogP contribution in [-0.4, -0.2) is 48.1 Å². The van der Waals surface area contributed by atoms with E-state index in [1.165, 1.54) is 25.5 Å². The van der Waals surface area contributed by atoms with Crippen molar-refractivity contribution in [2.24, 2.45) is 5.73 Å². The first-order valence-electron chi connectivity index (χ1n) is 7.73. The van der Waals surface area contributed by atoms with Gasteiger partial charge in [-0.25, -0.2) is 8.78 Å². The zero-order valence-corrected chi connectivity index (χ0v) is 12.4. The van der Waals surface area contributed by atoms with Crippen LogP contribution in [0.2, 0.25) is 0 Å². The minimum Gasteiger partial charge on any atom is -0.323 e. The molecule has 3 atom stereocenters. The molecule has 3 unspecified atom stereocenters. The summed E-state index contributed by atoms with van der Waals surface area (Å²) < 4.78 is 27.1. The van der Waals surface area contributed by atoms with Crippen molar-refractivity contribution in [3.63, 3.8) is 0 Å². The molecule has 0 bridgehead atoms. The largest absolute Gasteiger partial charge is 0.323 e. The van der Waals surface area contributed by atoms with Crippen molar-refractivity contribution < 1.29 is 8.78 Å². The third-order valence-electron chi connectivity index (χ3n) is 4.86. The topological polar surface area (TPSA) is 32.5 Å². The summed E-state index contributed by atoms with van der Waals surface area (Å²) in [5.41, 5.74) is 6.41. The van der Waals surface area contributed by atoms with E-state index < -0.39 is 17.7 Å². The molecule has 0 aromatic heterocycles. The number of fused-ring (bicyclic) bond motifs is 1. The summed E-state index contributed by atoms with van der Waals surface area (Å²) in [7, 11) is 0. The monoisotopic (exact) mass is 295 g/mol. The van der Waals surface area contributed by atoms with Crippen LogP contribution in [0.3, 0.4) is 0 Å². The summed E-state index contributed by atoms with van der Waals surface area (Å²) in [5, 5.41) is 0. The van der Waals surface area contributed by atoms with E-state index in [0.717, 1.165) is 25.2 Å². The Hall–Kier alpha value is -1.04. The van der Waals surface area contributed by atoms with Crippen molar-refractivity contribution in [3.8, 4) is 0 Å². The first-order valence-corrected chi connectivity index (χ1v) is 7.73. The van der Waals surface area contributed by atoms with Crippen LogP contribution in [0.25, 0.3) is 0 Å². The highest BCUT2D eigenvalue weighted by atomic mass is 19.1. The molecule has 0 spiro atoms. The molecule has 2 N–H and O–H groups in total. The fourth-order valence-electron chi connectivity index (χ4n) is 3.65. The van der Waals surface area contributed by atoms with E-state index in [1.54, 1.807) is 0 Å². The third kappa shape index (κ3) is 3.10. The van der Waals surface area contributed by atoms with E-state index in [-0.39, 0.29) is 5.56 Å². The quantitative estimate of drug-likeness (QED) is 0.927. The molecule has 2 aliphatic rings. The smallest absolute Gasteiger partial charge is 0.128 e. The van der Waals surface area contributed by atoms with Gasteiger partial charge in [0.05, 0.1) is 0 Å². The van der Waals surface area contributed by atoms with Crippen molar-refractivity contribution in [3.05, 3.63) is 35.4 Å². The minimum atomic E-state index is -0.490. The first-order chi connectivity index (χ1) is 10.0. The molecule has 2 heterocycles. The Kier molecular flexibility index (Phi) is 4.24. The maximum atomic E-state index is 13.8. The van der Waals surface area contributed by atoms with Gasteiger partial charge in [-0.2, -0.15) is 0 Å². The summed E-state index contributed by atoms with van der Waals surface area (Å²) in [6.07, 6.45) is 2.49. The number of hydrogen-bond acceptors (Lipinski definition) is 3. The van der Waals surface area contributed by atoms with Crippen molar-refractivity contribution in [2.45, 2.75) is 37.9 Å². The Morgan fingerprint density at radius 1 is 1.33 bits per heavy atom. The van der Waals surface area contributed by atoms with Gasteiger partial charge in [0, 0.05) is 43.3 Å². The first kappa shape index (κ1) is 14.9. The van der Waals surface area contributed by atoms with Crippen LogP contribution in [0.1, 0.15) is 31.4 Å². The van der Waals surface area contributed by atoms with Gasteiger partial charge >= 0.3 is 0 Å². The zero-order chi connectivity index (χ0) is 15.0. The molecule has 0 saturated carbocycles. The lowest BCUT2D eigenvalue weighted by atomic mass is 10.0. The van der Waals surface area contributed by atoms with Crippen molar-refractivity contribution in [1.82, 2.24) is 9.80 Å². The van der Waals surface area contributed by atoms with Gasteiger partial charge in [0.2, 0.25) is 0 Å². The predicted molar refractivity (Wildman–Crippen MR) is 78.9 cm³/mol. The normalized spacial score (nSPS) is 28.6. The van der Waals surface area contributed by atoms with Gasteiger partial charge in [-0.05, 0) is 44.5 Å². The molecular formula is C16H23F2N3. The van der Waals surface area contributed by atoms with Gasteiger partial charge in [-0.15, -0.1) is 0 Å². The molecule has 0 aliphatic carbocycles. The summed E-state index contributed by atoms with van der Waals surface area (Å²) in [6.45, 7) is 5.97. The minimum absolute atomic E-state index is 0.274. The highest BCUT2D eigenvalue weighted by molar-refractivity contribution is 5.22. The fraction of sp³-hybridized carbons (Fsp3) is 0.625. The molecule has 1 aromatic carbocycles. The molecule has 1 aromatic rings. The standard InChI is InChI=1S/C16H23F2N3/c1-11-8-20-6-2-3-13(20)9-21(11)10-16(19)14-7-12(17)4-5-15(14)18/h4-5,7,11,13,16H,2-3,6,8-10,19H2,1H3. The number of halogens is 2. The summed E-state index contributed by atoms with van der Waals surface area (Å²) >= 11 is 0. The molecule has 3 nitrogen and oxygen atoms in total. The molecule has 3 rings (SSSR count). The van der Waals surface area contributed by atoms with Crippen molar-refractivity contribution in [1.29, 1.82) is 0 Å². The number of nitrogens with two attached hydrogens (primary N) is 1. The van der Waals surface area contributed by atoms with E-state index >= 15 is 0 Å². The average Bonchev–Trinajstić information content (AvgIpc) is 2.88. The van der Waals surface area contributed by atoms with Gasteiger partial charge in [-0.3, -0.25) is 9.80 Å². The van der Waals surface area contributed by atoms with Crippen LogP contribution in [0, 0.1) is 11.6 Å². The Morgan fingerprint density at radius 3 is 2.95 bits per heavy atom. The third-order valence-corrected chi connectivity index (χ3v) is 4.86. The van der Waals surface area contributed by atoms with Crippen molar-refractivity contribution in [2.75, 3.05) is 26.2 Å². The second-order valence-electron chi connectivity index (χ2n) is 6.37. The predicted octanol–water partition coefficient (Wildman–Crippen LogP) is 2.13. The summed E-state index contributed by atoms with van der Waals surface area (Å²) in [4.78, 5) is 4.86. The molecule has 2 aliphatic heterocycles. The molecule has 21 heavy (non-hydrogen) atoms. The highest BCUT2D eigenvalue weighted by Crippen LogP contribution is 2.26. The maximum absolute atomic E-state index is 13.8. The molecule has 2 fully saturated rings. The van der Waals surface area contributed by atoms with Gasteiger partial charge < -0.3 is 5.73 Å². The Balaban J connectivity index is 1.69. The second kappa shape index (κ2) is 5.99. The Bertz CT molecular complexity index is 508. The van der Waals surface area contributed by atoms with E-state index in [1.807, 2.05) is 0 Å². The van der Waals surface area contributed by atoms with Crippen LogP contribution in [0.15, 0.2) is 18.2 Å². The zero-order valence-electron chi connectivity index (χ0n) is 12.4. The number of nitrogens with zero attached hydrogens (tertiary/aromatic N) is 2. The Labute approximate surface area is 124 Å². The summed E-state index contributed by atoms with van der Waals surface area (Å²) in [5.74, 6) is -0.855. The van der Waals surface area contributed by atoms with Gasteiger partial charge in [-0.1, -0.05) is 0 Å². The van der Waals surface area contributed by atoms with Crippen LogP contribution in [0.4, 0.5) is 8.78 Å². The number of piperazine rings is 1.